The largest absolute Gasteiger partial charge is 0.416 e. The number of nitrogens with zero attached hydrogens (tertiary/aromatic N) is 5. The first kappa shape index (κ1) is 20.4. The number of hydrogen-bond donors (Lipinski definition) is 0. The Morgan fingerprint density at radius 2 is 2.00 bits per heavy atom. The van der Waals surface area contributed by atoms with Crippen LogP contribution < -0.4 is 4.90 Å². The number of tetrazole rings is 1. The Kier molecular flexibility index (Phi) is 5.50. The highest BCUT2D eigenvalue weighted by Gasteiger charge is 2.31. The van der Waals surface area contributed by atoms with E-state index in [2.05, 4.69) is 22.3 Å². The molecule has 10 heteroatoms. The van der Waals surface area contributed by atoms with E-state index in [1.165, 1.54) is 12.1 Å². The molecule has 0 saturated heterocycles. The average Bonchev–Trinajstić information content (AvgIpc) is 3.10. The molecule has 0 radical (unpaired) electrons. The molecule has 156 valence electrons. The van der Waals surface area contributed by atoms with Crippen LogP contribution in [-0.2, 0) is 17.5 Å². The standard InChI is InChI=1S/C20H18F3N5OS/c1-13-9-10-27(16-7-2-3-8-17(16)30-13)18(29)12-28-25-19(24-26-28)14-5-4-6-15(11-14)20(21,22)23/h2-8,11,13H,9-10,12H2,1H3/t13-/m1/s1. The summed E-state index contributed by atoms with van der Waals surface area (Å²) in [7, 11) is 0. The van der Waals surface area contributed by atoms with Gasteiger partial charge in [0.2, 0.25) is 5.82 Å². The lowest BCUT2D eigenvalue weighted by Crippen LogP contribution is -2.35. The molecule has 6 nitrogen and oxygen atoms in total. The van der Waals surface area contributed by atoms with E-state index in [0.717, 1.165) is 33.9 Å². The molecule has 0 fully saturated rings. The number of benzene rings is 2. The first-order chi connectivity index (χ1) is 14.3. The van der Waals surface area contributed by atoms with E-state index in [4.69, 9.17) is 0 Å². The van der Waals surface area contributed by atoms with Crippen LogP contribution in [0.5, 0.6) is 0 Å². The van der Waals surface area contributed by atoms with E-state index in [1.54, 1.807) is 16.7 Å². The first-order valence-corrected chi connectivity index (χ1v) is 10.2. The minimum absolute atomic E-state index is 0.0364. The van der Waals surface area contributed by atoms with Gasteiger partial charge in [-0.2, -0.15) is 18.0 Å². The van der Waals surface area contributed by atoms with Gasteiger partial charge in [0.05, 0.1) is 11.3 Å². The Balaban J connectivity index is 1.54. The minimum atomic E-state index is -4.46. The van der Waals surface area contributed by atoms with Gasteiger partial charge in [0.25, 0.3) is 5.91 Å². The molecule has 1 amide bonds. The van der Waals surface area contributed by atoms with Crippen LogP contribution in [-0.4, -0.2) is 37.9 Å². The first-order valence-electron chi connectivity index (χ1n) is 9.33. The van der Waals surface area contributed by atoms with Crippen molar-refractivity contribution in [2.45, 2.75) is 36.2 Å². The zero-order valence-corrected chi connectivity index (χ0v) is 16.8. The maximum atomic E-state index is 13.0. The maximum absolute atomic E-state index is 13.0. The average molecular weight is 433 g/mol. The minimum Gasteiger partial charge on any atom is -0.310 e. The number of carbonyl (C=O) groups is 1. The van der Waals surface area contributed by atoms with Crippen molar-refractivity contribution >= 4 is 23.4 Å². The Morgan fingerprint density at radius 1 is 1.20 bits per heavy atom. The van der Waals surface area contributed by atoms with Crippen LogP contribution in [0.4, 0.5) is 18.9 Å². The Bertz CT molecular complexity index is 1070. The molecule has 4 rings (SSSR count). The van der Waals surface area contributed by atoms with Crippen molar-refractivity contribution in [3.8, 4) is 11.4 Å². The summed E-state index contributed by atoms with van der Waals surface area (Å²) < 4.78 is 38.8. The molecule has 1 atom stereocenters. The van der Waals surface area contributed by atoms with Crippen LogP contribution in [0.1, 0.15) is 18.9 Å². The second kappa shape index (κ2) is 8.10. The van der Waals surface area contributed by atoms with Crippen LogP contribution >= 0.6 is 11.8 Å². The van der Waals surface area contributed by atoms with Crippen LogP contribution in [0, 0.1) is 0 Å². The Labute approximate surface area is 175 Å². The highest BCUT2D eigenvalue weighted by atomic mass is 32.2. The lowest BCUT2D eigenvalue weighted by atomic mass is 10.1. The molecule has 3 aromatic rings. The highest BCUT2D eigenvalue weighted by Crippen LogP contribution is 2.37. The van der Waals surface area contributed by atoms with E-state index >= 15 is 0 Å². The van der Waals surface area contributed by atoms with Crippen molar-refractivity contribution in [2.75, 3.05) is 11.4 Å². The number of rotatable bonds is 3. The lowest BCUT2D eigenvalue weighted by molar-refractivity contribution is -0.137. The van der Waals surface area contributed by atoms with Gasteiger partial charge in [0, 0.05) is 22.3 Å². The van der Waals surface area contributed by atoms with E-state index in [-0.39, 0.29) is 23.8 Å². The van der Waals surface area contributed by atoms with Gasteiger partial charge in [-0.05, 0) is 35.9 Å². The lowest BCUT2D eigenvalue weighted by Gasteiger charge is -2.22. The summed E-state index contributed by atoms with van der Waals surface area (Å²) in [6, 6.07) is 12.4. The van der Waals surface area contributed by atoms with Gasteiger partial charge in [0.15, 0.2) is 0 Å². The summed E-state index contributed by atoms with van der Waals surface area (Å²) >= 11 is 1.73. The number of anilines is 1. The van der Waals surface area contributed by atoms with Crippen LogP contribution in [0.15, 0.2) is 53.4 Å². The van der Waals surface area contributed by atoms with Crippen molar-refractivity contribution in [1.29, 1.82) is 0 Å². The summed E-state index contributed by atoms with van der Waals surface area (Å²) in [5, 5.41) is 12.2. The monoisotopic (exact) mass is 433 g/mol. The maximum Gasteiger partial charge on any atom is 0.416 e. The zero-order valence-electron chi connectivity index (χ0n) is 16.0. The van der Waals surface area contributed by atoms with Gasteiger partial charge in [-0.3, -0.25) is 4.79 Å². The molecule has 0 spiro atoms. The SMILES string of the molecule is C[C@@H]1CCN(C(=O)Cn2nnc(-c3cccc(C(F)(F)F)c3)n2)c2ccccc2S1. The zero-order chi connectivity index (χ0) is 21.3. The van der Waals surface area contributed by atoms with E-state index in [9.17, 15) is 18.0 Å². The quantitative estimate of drug-likeness (QED) is 0.617. The van der Waals surface area contributed by atoms with Crippen LogP contribution in [0.2, 0.25) is 0 Å². The summed E-state index contributed by atoms with van der Waals surface area (Å²) in [5.74, 6) is -0.167. The van der Waals surface area contributed by atoms with Crippen molar-refractivity contribution in [3.05, 3.63) is 54.1 Å². The van der Waals surface area contributed by atoms with Gasteiger partial charge in [-0.1, -0.05) is 31.2 Å². The number of fused-ring (bicyclic) bond motifs is 1. The fraction of sp³-hybridized carbons (Fsp3) is 0.300. The highest BCUT2D eigenvalue weighted by molar-refractivity contribution is 8.00. The van der Waals surface area contributed by atoms with Crippen LogP contribution in [0.3, 0.4) is 0 Å². The van der Waals surface area contributed by atoms with Gasteiger partial charge < -0.3 is 4.90 Å². The Morgan fingerprint density at radius 3 is 2.80 bits per heavy atom. The number of carbonyl (C=O) groups excluding carboxylic acids is 1. The molecule has 2 heterocycles. The second-order valence-electron chi connectivity index (χ2n) is 6.95. The molecule has 0 bridgehead atoms. The predicted octanol–water partition coefficient (Wildman–Crippen LogP) is 4.28. The number of thioether (sulfide) groups is 1. The topological polar surface area (TPSA) is 63.9 Å². The summed E-state index contributed by atoms with van der Waals surface area (Å²) in [4.78, 5) is 16.8. The molecular weight excluding hydrogens is 415 g/mol. The molecule has 30 heavy (non-hydrogen) atoms. The van der Waals surface area contributed by atoms with Gasteiger partial charge in [0.1, 0.15) is 6.54 Å². The fourth-order valence-electron chi connectivity index (χ4n) is 3.21. The third-order valence-corrected chi connectivity index (χ3v) is 5.96. The Hall–Kier alpha value is -2.88. The smallest absolute Gasteiger partial charge is 0.310 e. The molecule has 0 aliphatic carbocycles. The van der Waals surface area contributed by atoms with Gasteiger partial charge >= 0.3 is 6.18 Å². The molecule has 1 aliphatic rings. The number of alkyl halides is 3. The third-order valence-electron chi connectivity index (χ3n) is 4.72. The van der Waals surface area contributed by atoms with E-state index in [1.807, 2.05) is 24.3 Å². The molecule has 2 aromatic carbocycles. The molecule has 0 saturated carbocycles. The number of aromatic nitrogens is 4. The normalized spacial score (nSPS) is 16.8. The second-order valence-corrected chi connectivity index (χ2v) is 8.43. The van der Waals surface area contributed by atoms with Crippen LogP contribution in [0.25, 0.3) is 11.4 Å². The summed E-state index contributed by atoms with van der Waals surface area (Å²) in [6.45, 7) is 2.54. The van der Waals surface area contributed by atoms with Crippen molar-refractivity contribution in [2.24, 2.45) is 0 Å². The number of halogens is 3. The number of amides is 1. The molecule has 1 aromatic heterocycles. The summed E-state index contributed by atoms with van der Waals surface area (Å²) in [6.07, 6.45) is -3.62. The number of hydrogen-bond acceptors (Lipinski definition) is 5. The fourth-order valence-corrected chi connectivity index (χ4v) is 4.33. The van der Waals surface area contributed by atoms with Crippen molar-refractivity contribution in [3.63, 3.8) is 0 Å². The van der Waals surface area contributed by atoms with Crippen molar-refractivity contribution in [1.82, 2.24) is 20.2 Å². The molecular formula is C20H18F3N5OS. The predicted molar refractivity (Wildman–Crippen MR) is 107 cm³/mol. The van der Waals surface area contributed by atoms with E-state index < -0.39 is 11.7 Å². The van der Waals surface area contributed by atoms with Gasteiger partial charge in [-0.15, -0.1) is 22.0 Å². The number of para-hydroxylation sites is 1. The third kappa shape index (κ3) is 4.33. The summed E-state index contributed by atoms with van der Waals surface area (Å²) in [5.41, 5.74) is 0.240. The van der Waals surface area contributed by atoms with Crippen molar-refractivity contribution < 1.29 is 18.0 Å². The van der Waals surface area contributed by atoms with E-state index in [0.29, 0.717) is 11.8 Å². The van der Waals surface area contributed by atoms with Gasteiger partial charge in [-0.25, -0.2) is 0 Å². The molecule has 0 unspecified atom stereocenters. The molecule has 1 aliphatic heterocycles. The molecule has 0 N–H and O–H groups in total.